The average Bonchev–Trinajstić information content (AvgIpc) is 2.20. The largest absolute Gasteiger partial charge is 0.354 e. The van der Waals surface area contributed by atoms with Crippen LogP contribution in [0.2, 0.25) is 5.02 Å². The van der Waals surface area contributed by atoms with Crippen LogP contribution in [0.25, 0.3) is 0 Å². The van der Waals surface area contributed by atoms with Gasteiger partial charge in [-0.15, -0.1) is 12.4 Å². The summed E-state index contributed by atoms with van der Waals surface area (Å²) in [5, 5.41) is 3.46. The highest BCUT2D eigenvalue weighted by atomic mass is 35.5. The van der Waals surface area contributed by atoms with Crippen LogP contribution >= 0.6 is 24.0 Å². The molecule has 1 rings (SSSR count). The van der Waals surface area contributed by atoms with Crippen LogP contribution in [0.15, 0.2) is 24.3 Å². The van der Waals surface area contributed by atoms with Gasteiger partial charge in [-0.3, -0.25) is 4.79 Å². The van der Waals surface area contributed by atoms with E-state index in [9.17, 15) is 4.79 Å². The molecule has 0 heterocycles. The lowest BCUT2D eigenvalue weighted by atomic mass is 10.1. The Labute approximate surface area is 107 Å². The van der Waals surface area contributed by atoms with Crippen LogP contribution in [-0.2, 0) is 11.2 Å². The molecule has 0 bridgehead atoms. The van der Waals surface area contributed by atoms with E-state index in [0.29, 0.717) is 6.54 Å². The van der Waals surface area contributed by atoms with Crippen molar-refractivity contribution in [2.24, 2.45) is 5.73 Å². The van der Waals surface area contributed by atoms with Crippen molar-refractivity contribution >= 4 is 29.9 Å². The number of carbonyl (C=O) groups excluding carboxylic acids is 1. The number of rotatable bonds is 4. The molecule has 0 fully saturated rings. The first kappa shape index (κ1) is 15.2. The molecule has 1 aromatic rings. The molecule has 1 atom stereocenters. The predicted octanol–water partition coefficient (Wildman–Crippen LogP) is 1.77. The monoisotopic (exact) mass is 262 g/mol. The van der Waals surface area contributed by atoms with Gasteiger partial charge in [0.1, 0.15) is 0 Å². The van der Waals surface area contributed by atoms with E-state index in [-0.39, 0.29) is 18.3 Å². The molecule has 5 heteroatoms. The van der Waals surface area contributed by atoms with Gasteiger partial charge in [0.15, 0.2) is 0 Å². The fraction of sp³-hybridized carbons (Fsp3) is 0.364. The number of benzene rings is 1. The van der Waals surface area contributed by atoms with Gasteiger partial charge in [0, 0.05) is 11.6 Å². The first-order valence-corrected chi connectivity index (χ1v) is 5.25. The van der Waals surface area contributed by atoms with Crippen LogP contribution < -0.4 is 11.1 Å². The molecule has 0 saturated carbocycles. The van der Waals surface area contributed by atoms with E-state index in [2.05, 4.69) is 5.32 Å². The van der Waals surface area contributed by atoms with Gasteiger partial charge in [-0.1, -0.05) is 29.8 Å². The molecule has 0 saturated heterocycles. The van der Waals surface area contributed by atoms with E-state index in [1.54, 1.807) is 6.92 Å². The Morgan fingerprint density at radius 2 is 2.12 bits per heavy atom. The lowest BCUT2D eigenvalue weighted by Crippen LogP contribution is -2.39. The smallest absolute Gasteiger partial charge is 0.236 e. The van der Waals surface area contributed by atoms with Crippen molar-refractivity contribution in [3.8, 4) is 0 Å². The van der Waals surface area contributed by atoms with Crippen LogP contribution in [0.5, 0.6) is 0 Å². The minimum atomic E-state index is -0.462. The molecule has 1 aromatic carbocycles. The number of hydrogen-bond donors (Lipinski definition) is 2. The molecule has 0 aliphatic heterocycles. The lowest BCUT2D eigenvalue weighted by Gasteiger charge is -2.08. The number of hydrogen-bond acceptors (Lipinski definition) is 2. The number of amides is 1. The third-order valence-corrected chi connectivity index (χ3v) is 2.43. The van der Waals surface area contributed by atoms with Crippen molar-refractivity contribution in [2.45, 2.75) is 19.4 Å². The molecule has 0 radical (unpaired) electrons. The van der Waals surface area contributed by atoms with Crippen molar-refractivity contribution in [2.75, 3.05) is 6.54 Å². The van der Waals surface area contributed by atoms with Gasteiger partial charge >= 0.3 is 0 Å². The fourth-order valence-electron chi connectivity index (χ4n) is 1.18. The van der Waals surface area contributed by atoms with Crippen molar-refractivity contribution in [3.05, 3.63) is 34.9 Å². The van der Waals surface area contributed by atoms with Crippen molar-refractivity contribution in [3.63, 3.8) is 0 Å². The second-order valence-corrected chi connectivity index (χ2v) is 3.83. The van der Waals surface area contributed by atoms with E-state index in [1.807, 2.05) is 24.3 Å². The summed E-state index contributed by atoms with van der Waals surface area (Å²) >= 11 is 5.96. The minimum Gasteiger partial charge on any atom is -0.354 e. The SMILES string of the molecule is C[C@H](N)C(=O)NCCc1ccccc1Cl.Cl. The third kappa shape index (κ3) is 4.84. The Balaban J connectivity index is 0.00000225. The summed E-state index contributed by atoms with van der Waals surface area (Å²) < 4.78 is 0. The maximum atomic E-state index is 11.1. The summed E-state index contributed by atoms with van der Waals surface area (Å²) in [7, 11) is 0. The lowest BCUT2D eigenvalue weighted by molar-refractivity contribution is -0.121. The van der Waals surface area contributed by atoms with Gasteiger partial charge in [0.25, 0.3) is 0 Å². The van der Waals surface area contributed by atoms with Gasteiger partial charge in [-0.05, 0) is 25.0 Å². The fourth-order valence-corrected chi connectivity index (χ4v) is 1.41. The minimum absolute atomic E-state index is 0. The maximum absolute atomic E-state index is 11.1. The van der Waals surface area contributed by atoms with Gasteiger partial charge in [-0.2, -0.15) is 0 Å². The average molecular weight is 263 g/mol. The first-order chi connectivity index (χ1) is 7.11. The highest BCUT2D eigenvalue weighted by Gasteiger charge is 2.06. The molecule has 0 aliphatic rings. The first-order valence-electron chi connectivity index (χ1n) is 4.88. The molecule has 0 aliphatic carbocycles. The Morgan fingerprint density at radius 1 is 1.50 bits per heavy atom. The number of nitrogens with two attached hydrogens (primary N) is 1. The molecule has 3 N–H and O–H groups in total. The molecule has 0 aromatic heterocycles. The molecule has 0 unspecified atom stereocenters. The summed E-state index contributed by atoms with van der Waals surface area (Å²) in [4.78, 5) is 11.1. The van der Waals surface area contributed by atoms with E-state index >= 15 is 0 Å². The quantitative estimate of drug-likeness (QED) is 0.869. The van der Waals surface area contributed by atoms with Gasteiger partial charge in [0.05, 0.1) is 6.04 Å². The highest BCUT2D eigenvalue weighted by molar-refractivity contribution is 6.31. The van der Waals surface area contributed by atoms with Crippen molar-refractivity contribution in [1.29, 1.82) is 0 Å². The number of nitrogens with one attached hydrogen (secondary N) is 1. The summed E-state index contributed by atoms with van der Waals surface area (Å²) in [6.07, 6.45) is 0.720. The molecule has 0 spiro atoms. The summed E-state index contributed by atoms with van der Waals surface area (Å²) in [6, 6.07) is 7.13. The second-order valence-electron chi connectivity index (χ2n) is 3.42. The van der Waals surface area contributed by atoms with Gasteiger partial charge < -0.3 is 11.1 Å². The normalized spacial score (nSPS) is 11.4. The Morgan fingerprint density at radius 3 is 2.69 bits per heavy atom. The predicted molar refractivity (Wildman–Crippen MR) is 69.1 cm³/mol. The van der Waals surface area contributed by atoms with Crippen LogP contribution in [0.1, 0.15) is 12.5 Å². The second kappa shape index (κ2) is 7.49. The van der Waals surface area contributed by atoms with Crippen molar-refractivity contribution in [1.82, 2.24) is 5.32 Å². The number of halogens is 2. The van der Waals surface area contributed by atoms with Crippen molar-refractivity contribution < 1.29 is 4.79 Å². The zero-order chi connectivity index (χ0) is 11.3. The Hall–Kier alpha value is -0.770. The van der Waals surface area contributed by atoms with E-state index < -0.39 is 6.04 Å². The Kier molecular flexibility index (Phi) is 7.13. The maximum Gasteiger partial charge on any atom is 0.236 e. The zero-order valence-corrected chi connectivity index (χ0v) is 10.6. The third-order valence-electron chi connectivity index (χ3n) is 2.06. The summed E-state index contributed by atoms with van der Waals surface area (Å²) in [6.45, 7) is 2.22. The van der Waals surface area contributed by atoms with Crippen LogP contribution in [0.4, 0.5) is 0 Å². The highest BCUT2D eigenvalue weighted by Crippen LogP contribution is 2.14. The van der Waals surface area contributed by atoms with Gasteiger partial charge in [0.2, 0.25) is 5.91 Å². The van der Waals surface area contributed by atoms with E-state index in [4.69, 9.17) is 17.3 Å². The summed E-state index contributed by atoms with van der Waals surface area (Å²) in [5.41, 5.74) is 6.44. The van der Waals surface area contributed by atoms with Crippen LogP contribution in [0, 0.1) is 0 Å². The molecular formula is C11H16Cl2N2O. The molecule has 1 amide bonds. The standard InChI is InChI=1S/C11H15ClN2O.ClH/c1-8(13)11(15)14-7-6-9-4-2-3-5-10(9)12;/h2-5,8H,6-7,13H2,1H3,(H,14,15);1H/t8-;/m0./s1. The number of carbonyl (C=O) groups is 1. The van der Waals surface area contributed by atoms with Gasteiger partial charge in [-0.25, -0.2) is 0 Å². The molecular weight excluding hydrogens is 247 g/mol. The summed E-state index contributed by atoms with van der Waals surface area (Å²) in [5.74, 6) is -0.137. The zero-order valence-electron chi connectivity index (χ0n) is 9.07. The Bertz CT molecular complexity index is 343. The van der Waals surface area contributed by atoms with Crippen LogP contribution in [0.3, 0.4) is 0 Å². The van der Waals surface area contributed by atoms with E-state index in [1.165, 1.54) is 0 Å². The van der Waals surface area contributed by atoms with E-state index in [0.717, 1.165) is 17.0 Å². The topological polar surface area (TPSA) is 55.1 Å². The van der Waals surface area contributed by atoms with Crippen LogP contribution in [-0.4, -0.2) is 18.5 Å². The molecule has 90 valence electrons. The molecule has 3 nitrogen and oxygen atoms in total. The molecule has 16 heavy (non-hydrogen) atoms.